The average molecular weight is 289 g/mol. The summed E-state index contributed by atoms with van der Waals surface area (Å²) in [6, 6.07) is 4.68. The molecule has 20 heavy (non-hydrogen) atoms. The molecule has 0 amide bonds. The van der Waals surface area contributed by atoms with Gasteiger partial charge in [0.1, 0.15) is 10.8 Å². The van der Waals surface area contributed by atoms with E-state index in [0.717, 1.165) is 33.1 Å². The number of hydrogen-bond acceptors (Lipinski definition) is 3. The Morgan fingerprint density at radius 3 is 2.75 bits per heavy atom. The van der Waals surface area contributed by atoms with Crippen molar-refractivity contribution in [1.29, 1.82) is 0 Å². The minimum atomic E-state index is -0.246. The van der Waals surface area contributed by atoms with E-state index in [-0.39, 0.29) is 17.0 Å². The summed E-state index contributed by atoms with van der Waals surface area (Å²) in [6.45, 7) is 6.05. The monoisotopic (exact) mass is 289 g/mol. The predicted molar refractivity (Wildman–Crippen MR) is 78.7 cm³/mol. The van der Waals surface area contributed by atoms with Gasteiger partial charge >= 0.3 is 0 Å². The summed E-state index contributed by atoms with van der Waals surface area (Å²) in [6.07, 6.45) is 1.40. The van der Waals surface area contributed by atoms with Gasteiger partial charge in [-0.15, -0.1) is 11.3 Å². The third-order valence-corrected chi connectivity index (χ3v) is 4.83. The Bertz CT molecular complexity index is 702. The molecule has 2 nitrogen and oxygen atoms in total. The number of carbonyl (C=O) groups excluding carboxylic acids is 1. The van der Waals surface area contributed by atoms with Crippen LogP contribution in [0.3, 0.4) is 0 Å². The van der Waals surface area contributed by atoms with Gasteiger partial charge in [0.15, 0.2) is 5.78 Å². The lowest BCUT2D eigenvalue weighted by molar-refractivity contribution is 0.0916. The smallest absolute Gasteiger partial charge is 0.175 e. The van der Waals surface area contributed by atoms with Crippen LogP contribution in [0.5, 0.6) is 0 Å². The Labute approximate surface area is 121 Å². The van der Waals surface area contributed by atoms with Gasteiger partial charge in [-0.05, 0) is 42.5 Å². The summed E-state index contributed by atoms with van der Waals surface area (Å²) < 4.78 is 13.2. The largest absolute Gasteiger partial charge is 0.293 e. The van der Waals surface area contributed by atoms with Crippen molar-refractivity contribution in [3.63, 3.8) is 0 Å². The van der Waals surface area contributed by atoms with Crippen molar-refractivity contribution < 1.29 is 9.18 Å². The Hall–Kier alpha value is -1.55. The molecule has 0 atom stereocenters. The number of carbonyl (C=O) groups is 1. The fourth-order valence-corrected chi connectivity index (χ4v) is 3.81. The third-order valence-electron chi connectivity index (χ3n) is 3.65. The number of ketones is 1. The summed E-state index contributed by atoms with van der Waals surface area (Å²) in [5.74, 6) is -0.0652. The molecule has 4 heteroatoms. The number of aromatic nitrogens is 1. The van der Waals surface area contributed by atoms with Gasteiger partial charge in [-0.1, -0.05) is 13.8 Å². The van der Waals surface area contributed by atoms with E-state index in [1.54, 1.807) is 6.07 Å². The Balaban J connectivity index is 2.08. The number of aryl methyl sites for hydroxylation is 1. The molecular formula is C16H16FNOS. The SMILES string of the molecule is Cc1cc(F)ccc1-c1nc2c(s1)C(=O)CC(C)(C)C2. The summed E-state index contributed by atoms with van der Waals surface area (Å²) in [5.41, 5.74) is 2.64. The molecule has 2 aromatic rings. The molecule has 0 radical (unpaired) electrons. The first-order valence-corrected chi connectivity index (χ1v) is 7.47. The number of Topliss-reactive ketones (excluding diaryl/α,β-unsaturated/α-hetero) is 1. The van der Waals surface area contributed by atoms with Gasteiger partial charge in [0.2, 0.25) is 0 Å². The average Bonchev–Trinajstić information content (AvgIpc) is 2.70. The van der Waals surface area contributed by atoms with Gasteiger partial charge in [0, 0.05) is 12.0 Å². The lowest BCUT2D eigenvalue weighted by atomic mass is 9.78. The number of halogens is 1. The number of benzene rings is 1. The van der Waals surface area contributed by atoms with E-state index in [4.69, 9.17) is 0 Å². The van der Waals surface area contributed by atoms with Crippen LogP contribution in [-0.2, 0) is 6.42 Å². The van der Waals surface area contributed by atoms with Crippen LogP contribution in [0.4, 0.5) is 4.39 Å². The first kappa shape index (κ1) is 13.4. The fraction of sp³-hybridized carbons (Fsp3) is 0.375. The van der Waals surface area contributed by atoms with Gasteiger partial charge in [-0.2, -0.15) is 0 Å². The maximum atomic E-state index is 13.2. The van der Waals surface area contributed by atoms with E-state index in [1.165, 1.54) is 23.5 Å². The quantitative estimate of drug-likeness (QED) is 0.778. The second kappa shape index (κ2) is 4.48. The highest BCUT2D eigenvalue weighted by molar-refractivity contribution is 7.17. The van der Waals surface area contributed by atoms with Crippen molar-refractivity contribution in [1.82, 2.24) is 4.98 Å². The molecule has 1 heterocycles. The van der Waals surface area contributed by atoms with Gasteiger partial charge in [0.05, 0.1) is 10.6 Å². The van der Waals surface area contributed by atoms with Gasteiger partial charge in [0.25, 0.3) is 0 Å². The molecule has 0 saturated carbocycles. The number of nitrogens with zero attached hydrogens (tertiary/aromatic N) is 1. The second-order valence-corrected chi connectivity index (χ2v) is 7.19. The topological polar surface area (TPSA) is 30.0 Å². The molecule has 0 unspecified atom stereocenters. The summed E-state index contributed by atoms with van der Waals surface area (Å²) in [5, 5.41) is 0.818. The Morgan fingerprint density at radius 1 is 1.30 bits per heavy atom. The zero-order valence-corrected chi connectivity index (χ0v) is 12.6. The van der Waals surface area contributed by atoms with E-state index >= 15 is 0 Å². The lowest BCUT2D eigenvalue weighted by Gasteiger charge is -2.26. The molecule has 1 aromatic heterocycles. The lowest BCUT2D eigenvalue weighted by Crippen LogP contribution is -2.25. The maximum Gasteiger partial charge on any atom is 0.175 e. The summed E-state index contributed by atoms with van der Waals surface area (Å²) in [7, 11) is 0. The highest BCUT2D eigenvalue weighted by Crippen LogP contribution is 2.40. The highest BCUT2D eigenvalue weighted by atomic mass is 32.1. The first-order chi connectivity index (χ1) is 9.35. The molecule has 1 aromatic carbocycles. The standard InChI is InChI=1S/C16H16FNOS/c1-9-6-10(17)4-5-11(9)15-18-12-7-16(2,3)8-13(19)14(12)20-15/h4-6H,7-8H2,1-3H3. The van der Waals surface area contributed by atoms with Crippen LogP contribution < -0.4 is 0 Å². The highest BCUT2D eigenvalue weighted by Gasteiger charge is 2.34. The van der Waals surface area contributed by atoms with Crippen LogP contribution in [0.1, 0.15) is 41.2 Å². The van der Waals surface area contributed by atoms with Crippen molar-refractivity contribution >= 4 is 17.1 Å². The predicted octanol–water partition coefficient (Wildman–Crippen LogP) is 4.41. The van der Waals surface area contributed by atoms with E-state index < -0.39 is 0 Å². The fourth-order valence-electron chi connectivity index (χ4n) is 2.70. The summed E-state index contributed by atoms with van der Waals surface area (Å²) >= 11 is 1.43. The van der Waals surface area contributed by atoms with Crippen molar-refractivity contribution in [2.75, 3.05) is 0 Å². The van der Waals surface area contributed by atoms with Crippen molar-refractivity contribution in [3.8, 4) is 10.6 Å². The molecule has 0 fully saturated rings. The molecule has 3 rings (SSSR count). The van der Waals surface area contributed by atoms with E-state index in [0.29, 0.717) is 6.42 Å². The molecule has 0 saturated heterocycles. The number of rotatable bonds is 1. The normalized spacial score (nSPS) is 17.1. The minimum Gasteiger partial charge on any atom is -0.293 e. The van der Waals surface area contributed by atoms with Crippen molar-refractivity contribution in [2.45, 2.75) is 33.6 Å². The zero-order chi connectivity index (χ0) is 14.5. The number of thiazole rings is 1. The van der Waals surface area contributed by atoms with Crippen LogP contribution >= 0.6 is 11.3 Å². The van der Waals surface area contributed by atoms with Crippen LogP contribution in [0, 0.1) is 18.2 Å². The molecule has 0 aliphatic heterocycles. The van der Waals surface area contributed by atoms with E-state index in [2.05, 4.69) is 18.8 Å². The molecule has 104 valence electrons. The molecule has 1 aliphatic rings. The van der Waals surface area contributed by atoms with Crippen LogP contribution in [0.25, 0.3) is 10.6 Å². The number of hydrogen-bond donors (Lipinski definition) is 0. The zero-order valence-electron chi connectivity index (χ0n) is 11.8. The minimum absolute atomic E-state index is 0.0206. The van der Waals surface area contributed by atoms with Gasteiger partial charge in [-0.25, -0.2) is 9.37 Å². The van der Waals surface area contributed by atoms with Crippen molar-refractivity contribution in [2.24, 2.45) is 5.41 Å². The van der Waals surface area contributed by atoms with E-state index in [9.17, 15) is 9.18 Å². The molecule has 0 spiro atoms. The van der Waals surface area contributed by atoms with Crippen LogP contribution in [0.2, 0.25) is 0 Å². The number of fused-ring (bicyclic) bond motifs is 1. The summed E-state index contributed by atoms with van der Waals surface area (Å²) in [4.78, 5) is 17.6. The Kier molecular flexibility index (Phi) is 3.01. The second-order valence-electron chi connectivity index (χ2n) is 6.20. The molecule has 0 N–H and O–H groups in total. The van der Waals surface area contributed by atoms with Gasteiger partial charge < -0.3 is 0 Å². The molecule has 1 aliphatic carbocycles. The Morgan fingerprint density at radius 2 is 2.05 bits per heavy atom. The van der Waals surface area contributed by atoms with Gasteiger partial charge in [-0.3, -0.25) is 4.79 Å². The maximum absolute atomic E-state index is 13.2. The molecular weight excluding hydrogens is 273 g/mol. The van der Waals surface area contributed by atoms with Crippen LogP contribution in [0.15, 0.2) is 18.2 Å². The third kappa shape index (κ3) is 2.29. The van der Waals surface area contributed by atoms with Crippen LogP contribution in [-0.4, -0.2) is 10.8 Å². The van der Waals surface area contributed by atoms with Crippen molar-refractivity contribution in [3.05, 3.63) is 40.2 Å². The first-order valence-electron chi connectivity index (χ1n) is 6.65. The van der Waals surface area contributed by atoms with E-state index in [1.807, 2.05) is 6.92 Å². The molecule has 0 bridgehead atoms.